The van der Waals surface area contributed by atoms with Crippen LogP contribution in [0.25, 0.3) is 0 Å². The molecule has 120 valence electrons. The number of carbonyl (C=O) groups is 1. The third-order valence-electron chi connectivity index (χ3n) is 4.14. The summed E-state index contributed by atoms with van der Waals surface area (Å²) in [5.41, 5.74) is 0.951. The highest BCUT2D eigenvalue weighted by Gasteiger charge is 2.25. The molecular weight excluding hydrogens is 288 g/mol. The van der Waals surface area contributed by atoms with Gasteiger partial charge in [-0.15, -0.1) is 0 Å². The Kier molecular flexibility index (Phi) is 4.76. The lowest BCUT2D eigenvalue weighted by Crippen LogP contribution is -2.53. The van der Waals surface area contributed by atoms with Crippen molar-refractivity contribution >= 4 is 17.5 Å². The van der Waals surface area contributed by atoms with Crippen molar-refractivity contribution < 1.29 is 4.79 Å². The van der Waals surface area contributed by atoms with E-state index in [1.54, 1.807) is 6.20 Å². The van der Waals surface area contributed by atoms with E-state index >= 15 is 0 Å². The van der Waals surface area contributed by atoms with Gasteiger partial charge >= 0.3 is 6.03 Å². The van der Waals surface area contributed by atoms with Gasteiger partial charge in [0.1, 0.15) is 5.82 Å². The number of hydrogen-bond acceptors (Lipinski definition) is 3. The predicted molar refractivity (Wildman–Crippen MR) is 92.9 cm³/mol. The van der Waals surface area contributed by atoms with Gasteiger partial charge in [-0.2, -0.15) is 0 Å². The first-order valence-electron chi connectivity index (χ1n) is 8.07. The second kappa shape index (κ2) is 7.13. The number of anilines is 2. The minimum Gasteiger partial charge on any atom is -0.353 e. The van der Waals surface area contributed by atoms with Gasteiger partial charge in [0.25, 0.3) is 0 Å². The highest BCUT2D eigenvalue weighted by molar-refractivity contribution is 5.92. The monoisotopic (exact) mass is 310 g/mol. The van der Waals surface area contributed by atoms with Crippen molar-refractivity contribution in [2.24, 2.45) is 0 Å². The number of para-hydroxylation sites is 1. The lowest BCUT2D eigenvalue weighted by Gasteiger charge is -2.37. The van der Waals surface area contributed by atoms with E-state index in [1.807, 2.05) is 65.3 Å². The summed E-state index contributed by atoms with van der Waals surface area (Å²) in [7, 11) is 0. The van der Waals surface area contributed by atoms with Crippen molar-refractivity contribution in [1.29, 1.82) is 0 Å². The molecule has 3 rings (SSSR count). The van der Waals surface area contributed by atoms with Crippen molar-refractivity contribution in [2.45, 2.75) is 6.92 Å². The van der Waals surface area contributed by atoms with Gasteiger partial charge in [0.15, 0.2) is 0 Å². The first-order valence-corrected chi connectivity index (χ1v) is 8.07. The molecule has 1 fully saturated rings. The number of urea groups is 1. The second-order valence-electron chi connectivity index (χ2n) is 5.52. The Bertz CT molecular complexity index is 624. The minimum absolute atomic E-state index is 0.0828. The van der Waals surface area contributed by atoms with Gasteiger partial charge in [0, 0.05) is 44.6 Å². The summed E-state index contributed by atoms with van der Waals surface area (Å²) in [6, 6.07) is 15.9. The Morgan fingerprint density at radius 3 is 2.35 bits per heavy atom. The SMILES string of the molecule is CCN(C(=O)N1CCN(c2ccccn2)CC1)c1ccccc1. The maximum atomic E-state index is 12.8. The second-order valence-corrected chi connectivity index (χ2v) is 5.52. The molecule has 0 N–H and O–H groups in total. The molecule has 1 aromatic heterocycles. The van der Waals surface area contributed by atoms with Crippen LogP contribution in [-0.2, 0) is 0 Å². The van der Waals surface area contributed by atoms with Crippen LogP contribution in [0.1, 0.15) is 6.92 Å². The van der Waals surface area contributed by atoms with Crippen molar-refractivity contribution in [1.82, 2.24) is 9.88 Å². The van der Waals surface area contributed by atoms with E-state index in [2.05, 4.69) is 9.88 Å². The van der Waals surface area contributed by atoms with Crippen LogP contribution in [-0.4, -0.2) is 48.6 Å². The molecule has 0 saturated carbocycles. The topological polar surface area (TPSA) is 39.7 Å². The molecule has 5 heteroatoms. The van der Waals surface area contributed by atoms with Crippen molar-refractivity contribution in [2.75, 3.05) is 42.5 Å². The van der Waals surface area contributed by atoms with E-state index in [9.17, 15) is 4.79 Å². The molecule has 23 heavy (non-hydrogen) atoms. The number of nitrogens with zero attached hydrogens (tertiary/aromatic N) is 4. The van der Waals surface area contributed by atoms with Crippen molar-refractivity contribution in [3.05, 3.63) is 54.7 Å². The molecule has 1 saturated heterocycles. The normalized spacial score (nSPS) is 14.7. The summed E-state index contributed by atoms with van der Waals surface area (Å²) in [4.78, 5) is 23.2. The summed E-state index contributed by atoms with van der Waals surface area (Å²) in [5, 5.41) is 0. The fraction of sp³-hybridized carbons (Fsp3) is 0.333. The third-order valence-corrected chi connectivity index (χ3v) is 4.14. The van der Waals surface area contributed by atoms with Gasteiger partial charge in [0.05, 0.1) is 0 Å². The highest BCUT2D eigenvalue weighted by Crippen LogP contribution is 2.18. The van der Waals surface area contributed by atoms with Crippen LogP contribution in [0.15, 0.2) is 54.7 Å². The van der Waals surface area contributed by atoms with Gasteiger partial charge in [-0.05, 0) is 31.2 Å². The molecule has 2 amide bonds. The molecule has 0 bridgehead atoms. The maximum Gasteiger partial charge on any atom is 0.324 e. The van der Waals surface area contributed by atoms with Gasteiger partial charge < -0.3 is 9.80 Å². The Balaban J connectivity index is 1.64. The molecule has 1 aromatic carbocycles. The molecule has 0 spiro atoms. The lowest BCUT2D eigenvalue weighted by atomic mass is 10.2. The van der Waals surface area contributed by atoms with E-state index in [-0.39, 0.29) is 6.03 Å². The number of benzene rings is 1. The number of rotatable bonds is 3. The predicted octanol–water partition coefficient (Wildman–Crippen LogP) is 2.85. The Morgan fingerprint density at radius 1 is 1.04 bits per heavy atom. The maximum absolute atomic E-state index is 12.8. The van der Waals surface area contributed by atoms with Crippen LogP contribution in [0, 0.1) is 0 Å². The number of pyridine rings is 1. The van der Waals surface area contributed by atoms with Gasteiger partial charge in [-0.25, -0.2) is 9.78 Å². The van der Waals surface area contributed by atoms with Crippen LogP contribution < -0.4 is 9.80 Å². The summed E-state index contributed by atoms with van der Waals surface area (Å²) in [5.74, 6) is 0.981. The fourth-order valence-electron chi connectivity index (χ4n) is 2.87. The van der Waals surface area contributed by atoms with E-state index in [1.165, 1.54) is 0 Å². The number of amides is 2. The highest BCUT2D eigenvalue weighted by atomic mass is 16.2. The van der Waals surface area contributed by atoms with Gasteiger partial charge in [-0.3, -0.25) is 4.90 Å². The quantitative estimate of drug-likeness (QED) is 0.875. The lowest BCUT2D eigenvalue weighted by molar-refractivity contribution is 0.201. The van der Waals surface area contributed by atoms with Gasteiger partial charge in [-0.1, -0.05) is 24.3 Å². The number of piperazine rings is 1. The van der Waals surface area contributed by atoms with Crippen LogP contribution in [0.5, 0.6) is 0 Å². The summed E-state index contributed by atoms with van der Waals surface area (Å²) < 4.78 is 0. The van der Waals surface area contributed by atoms with E-state index < -0.39 is 0 Å². The van der Waals surface area contributed by atoms with Crippen LogP contribution in [0.3, 0.4) is 0 Å². The molecular formula is C18H22N4O. The first-order chi connectivity index (χ1) is 11.3. The average Bonchev–Trinajstić information content (AvgIpc) is 2.64. The number of carbonyl (C=O) groups excluding carboxylic acids is 1. The summed E-state index contributed by atoms with van der Waals surface area (Å²) in [6.45, 7) is 5.75. The molecule has 0 radical (unpaired) electrons. The molecule has 1 aliphatic heterocycles. The minimum atomic E-state index is 0.0828. The largest absolute Gasteiger partial charge is 0.353 e. The van der Waals surface area contributed by atoms with Crippen molar-refractivity contribution in [3.63, 3.8) is 0 Å². The molecule has 1 aliphatic rings. The van der Waals surface area contributed by atoms with Gasteiger partial charge in [0.2, 0.25) is 0 Å². The first kappa shape index (κ1) is 15.3. The Morgan fingerprint density at radius 2 is 1.74 bits per heavy atom. The third kappa shape index (κ3) is 3.44. The molecule has 2 heterocycles. The molecule has 0 aliphatic carbocycles. The smallest absolute Gasteiger partial charge is 0.324 e. The van der Waals surface area contributed by atoms with E-state index in [0.717, 1.165) is 37.7 Å². The van der Waals surface area contributed by atoms with Crippen LogP contribution >= 0.6 is 0 Å². The van der Waals surface area contributed by atoms with E-state index in [0.29, 0.717) is 6.54 Å². The van der Waals surface area contributed by atoms with Crippen LogP contribution in [0.4, 0.5) is 16.3 Å². The zero-order chi connectivity index (χ0) is 16.1. The summed E-state index contributed by atoms with van der Waals surface area (Å²) in [6.07, 6.45) is 1.81. The molecule has 0 atom stereocenters. The molecule has 5 nitrogen and oxygen atoms in total. The fourth-order valence-corrected chi connectivity index (χ4v) is 2.87. The zero-order valence-electron chi connectivity index (χ0n) is 13.4. The molecule has 0 unspecified atom stereocenters. The van der Waals surface area contributed by atoms with Crippen LogP contribution in [0.2, 0.25) is 0 Å². The average molecular weight is 310 g/mol. The zero-order valence-corrected chi connectivity index (χ0v) is 13.4. The Labute approximate surface area is 137 Å². The van der Waals surface area contributed by atoms with E-state index in [4.69, 9.17) is 0 Å². The number of aromatic nitrogens is 1. The molecule has 2 aromatic rings. The summed E-state index contributed by atoms with van der Waals surface area (Å²) >= 11 is 0. The number of hydrogen-bond donors (Lipinski definition) is 0. The van der Waals surface area contributed by atoms with Crippen molar-refractivity contribution in [3.8, 4) is 0 Å². The Hall–Kier alpha value is -2.56. The standard InChI is InChI=1S/C18H22N4O/c1-2-22(16-8-4-3-5-9-16)18(23)21-14-12-20(13-15-21)17-10-6-7-11-19-17/h3-11H,2,12-15H2,1H3.